The summed E-state index contributed by atoms with van der Waals surface area (Å²) in [6.45, 7) is 2.27. The fourth-order valence-electron chi connectivity index (χ4n) is 1.91. The number of ether oxygens (including phenoxy) is 1. The average Bonchev–Trinajstić information content (AvgIpc) is 2.90. The summed E-state index contributed by atoms with van der Waals surface area (Å²) >= 11 is 1.27. The van der Waals surface area contributed by atoms with Crippen molar-refractivity contribution in [1.82, 2.24) is 15.0 Å². The molecule has 0 bridgehead atoms. The van der Waals surface area contributed by atoms with Gasteiger partial charge in [0.15, 0.2) is 5.01 Å². The molecule has 1 aromatic carbocycles. The summed E-state index contributed by atoms with van der Waals surface area (Å²) in [6, 6.07) is 7.47. The number of benzene rings is 1. The quantitative estimate of drug-likeness (QED) is 0.715. The zero-order chi connectivity index (χ0) is 14.1. The van der Waals surface area contributed by atoms with Crippen molar-refractivity contribution in [2.75, 3.05) is 6.61 Å². The molecule has 3 rings (SSSR count). The maximum atomic E-state index is 8.96. The van der Waals surface area contributed by atoms with Crippen molar-refractivity contribution in [3.05, 3.63) is 23.0 Å². The predicted molar refractivity (Wildman–Crippen MR) is 73.3 cm³/mol. The standard InChI is InChI=1S/C13H7N5OS/c1-2-19-13-11-7(16-9(5-14)18-13)3-4-8-12(11)20-10(6-15)17-8/h3-4H,2H2,1H3. The molecule has 0 amide bonds. The van der Waals surface area contributed by atoms with E-state index in [1.165, 1.54) is 11.3 Å². The molecule has 0 atom stereocenters. The zero-order valence-corrected chi connectivity index (χ0v) is 11.2. The van der Waals surface area contributed by atoms with E-state index in [1.54, 1.807) is 12.1 Å². The second-order valence-electron chi connectivity index (χ2n) is 3.84. The smallest absolute Gasteiger partial charge is 0.236 e. The molecule has 96 valence electrons. The van der Waals surface area contributed by atoms with Crippen LogP contribution in [0.5, 0.6) is 5.88 Å². The van der Waals surface area contributed by atoms with Gasteiger partial charge in [-0.2, -0.15) is 15.5 Å². The number of thiazole rings is 1. The van der Waals surface area contributed by atoms with E-state index in [9.17, 15) is 0 Å². The summed E-state index contributed by atoms with van der Waals surface area (Å²) in [5, 5.41) is 19.0. The van der Waals surface area contributed by atoms with Crippen LogP contribution in [-0.2, 0) is 0 Å². The lowest BCUT2D eigenvalue weighted by Gasteiger charge is -2.06. The Hall–Kier alpha value is -2.77. The number of nitrogens with zero attached hydrogens (tertiary/aromatic N) is 5. The maximum absolute atomic E-state index is 8.96. The Bertz CT molecular complexity index is 903. The first-order valence-corrected chi connectivity index (χ1v) is 6.62. The zero-order valence-electron chi connectivity index (χ0n) is 10.4. The van der Waals surface area contributed by atoms with E-state index in [0.29, 0.717) is 33.9 Å². The van der Waals surface area contributed by atoms with Crippen LogP contribution < -0.4 is 4.74 Å². The highest BCUT2D eigenvalue weighted by Gasteiger charge is 2.15. The first-order valence-electron chi connectivity index (χ1n) is 5.81. The van der Waals surface area contributed by atoms with Crippen LogP contribution in [0.1, 0.15) is 17.8 Å². The number of rotatable bonds is 2. The average molecular weight is 281 g/mol. The van der Waals surface area contributed by atoms with Crippen molar-refractivity contribution in [3.63, 3.8) is 0 Å². The molecule has 0 saturated carbocycles. The van der Waals surface area contributed by atoms with Crippen molar-refractivity contribution in [2.45, 2.75) is 6.92 Å². The van der Waals surface area contributed by atoms with E-state index in [1.807, 2.05) is 19.1 Å². The molecule has 7 heteroatoms. The van der Waals surface area contributed by atoms with Crippen molar-refractivity contribution >= 4 is 32.5 Å². The molecule has 2 aromatic heterocycles. The van der Waals surface area contributed by atoms with Gasteiger partial charge in [-0.3, -0.25) is 0 Å². The molecule has 0 radical (unpaired) electrons. The first-order chi connectivity index (χ1) is 9.76. The highest BCUT2D eigenvalue weighted by Crippen LogP contribution is 2.34. The Morgan fingerprint density at radius 3 is 2.65 bits per heavy atom. The minimum atomic E-state index is 0.0605. The Labute approximate surface area is 117 Å². The molecule has 0 saturated heterocycles. The minimum Gasteiger partial charge on any atom is -0.477 e. The molecule has 20 heavy (non-hydrogen) atoms. The van der Waals surface area contributed by atoms with Gasteiger partial charge in [-0.05, 0) is 19.1 Å². The van der Waals surface area contributed by atoms with Gasteiger partial charge in [0.1, 0.15) is 12.1 Å². The van der Waals surface area contributed by atoms with Gasteiger partial charge in [-0.1, -0.05) is 0 Å². The Morgan fingerprint density at radius 2 is 1.95 bits per heavy atom. The third kappa shape index (κ3) is 1.81. The van der Waals surface area contributed by atoms with Crippen molar-refractivity contribution in [3.8, 4) is 18.0 Å². The molecular formula is C13H7N5OS. The van der Waals surface area contributed by atoms with Crippen molar-refractivity contribution in [1.29, 1.82) is 10.5 Å². The van der Waals surface area contributed by atoms with Crippen LogP contribution in [0.3, 0.4) is 0 Å². The normalized spacial score (nSPS) is 10.3. The number of fused-ring (bicyclic) bond motifs is 3. The van der Waals surface area contributed by atoms with Crippen LogP contribution in [0.15, 0.2) is 12.1 Å². The molecule has 0 aliphatic carbocycles. The lowest BCUT2D eigenvalue weighted by atomic mass is 10.2. The molecule has 0 aliphatic heterocycles. The topological polar surface area (TPSA) is 95.5 Å². The van der Waals surface area contributed by atoms with Crippen molar-refractivity contribution in [2.24, 2.45) is 0 Å². The van der Waals surface area contributed by atoms with E-state index in [0.717, 1.165) is 4.70 Å². The van der Waals surface area contributed by atoms with E-state index >= 15 is 0 Å². The number of aromatic nitrogens is 3. The number of nitriles is 2. The Morgan fingerprint density at radius 1 is 1.15 bits per heavy atom. The van der Waals surface area contributed by atoms with E-state index in [2.05, 4.69) is 15.0 Å². The molecule has 2 heterocycles. The number of hydrogen-bond acceptors (Lipinski definition) is 7. The molecule has 0 fully saturated rings. The lowest BCUT2D eigenvalue weighted by molar-refractivity contribution is 0.331. The van der Waals surface area contributed by atoms with E-state index in [-0.39, 0.29) is 5.82 Å². The SMILES string of the molecule is CCOc1nc(C#N)nc2ccc3nc(C#N)sc3c12. The van der Waals surface area contributed by atoms with Crippen LogP contribution in [-0.4, -0.2) is 21.6 Å². The fourth-order valence-corrected chi connectivity index (χ4v) is 2.81. The predicted octanol–water partition coefficient (Wildman–Crippen LogP) is 2.38. The van der Waals surface area contributed by atoms with Crippen molar-refractivity contribution < 1.29 is 4.74 Å². The van der Waals surface area contributed by atoms with E-state index < -0.39 is 0 Å². The molecule has 6 nitrogen and oxygen atoms in total. The van der Waals surface area contributed by atoms with Gasteiger partial charge in [-0.15, -0.1) is 11.3 Å². The fraction of sp³-hybridized carbons (Fsp3) is 0.154. The van der Waals surface area contributed by atoms with Crippen LogP contribution in [0, 0.1) is 22.7 Å². The summed E-state index contributed by atoms with van der Waals surface area (Å²) in [7, 11) is 0. The maximum Gasteiger partial charge on any atom is 0.236 e. The summed E-state index contributed by atoms with van der Waals surface area (Å²) in [5.41, 5.74) is 1.31. The monoisotopic (exact) mass is 281 g/mol. The van der Waals surface area contributed by atoms with Gasteiger partial charge in [-0.25, -0.2) is 9.97 Å². The Balaban J connectivity index is 2.45. The molecule has 0 spiro atoms. The first kappa shape index (κ1) is 12.3. The second kappa shape index (κ2) is 4.72. The third-order valence-corrected chi connectivity index (χ3v) is 3.65. The summed E-state index contributed by atoms with van der Waals surface area (Å²) in [5.74, 6) is 0.415. The van der Waals surface area contributed by atoms with Gasteiger partial charge in [0.25, 0.3) is 0 Å². The second-order valence-corrected chi connectivity index (χ2v) is 4.84. The minimum absolute atomic E-state index is 0.0605. The summed E-state index contributed by atoms with van der Waals surface area (Å²) in [4.78, 5) is 12.5. The summed E-state index contributed by atoms with van der Waals surface area (Å²) < 4.78 is 6.30. The Kier molecular flexibility index (Phi) is 2.90. The molecule has 0 N–H and O–H groups in total. The highest BCUT2D eigenvalue weighted by molar-refractivity contribution is 7.20. The van der Waals surface area contributed by atoms with Gasteiger partial charge in [0.05, 0.1) is 27.7 Å². The molecule has 3 aromatic rings. The molecule has 0 unspecified atom stereocenters. The van der Waals surface area contributed by atoms with Crippen LogP contribution >= 0.6 is 11.3 Å². The number of hydrogen-bond donors (Lipinski definition) is 0. The van der Waals surface area contributed by atoms with Gasteiger partial charge in [0, 0.05) is 0 Å². The summed E-state index contributed by atoms with van der Waals surface area (Å²) in [6.07, 6.45) is 0. The van der Waals surface area contributed by atoms with Crippen LogP contribution in [0.25, 0.3) is 21.1 Å². The van der Waals surface area contributed by atoms with E-state index in [4.69, 9.17) is 15.3 Å². The third-order valence-electron chi connectivity index (χ3n) is 2.66. The van der Waals surface area contributed by atoms with Crippen LogP contribution in [0.2, 0.25) is 0 Å². The molecule has 0 aliphatic rings. The largest absolute Gasteiger partial charge is 0.477 e. The van der Waals surface area contributed by atoms with Gasteiger partial charge >= 0.3 is 0 Å². The van der Waals surface area contributed by atoms with Crippen LogP contribution in [0.4, 0.5) is 0 Å². The van der Waals surface area contributed by atoms with Gasteiger partial charge in [0.2, 0.25) is 11.7 Å². The lowest BCUT2D eigenvalue weighted by Crippen LogP contribution is -1.99. The van der Waals surface area contributed by atoms with Gasteiger partial charge < -0.3 is 4.74 Å². The molecular weight excluding hydrogens is 274 g/mol. The highest BCUT2D eigenvalue weighted by atomic mass is 32.1.